The van der Waals surface area contributed by atoms with Gasteiger partial charge in [0.15, 0.2) is 0 Å². The first-order valence-electron chi connectivity index (χ1n) is 7.84. The largest absolute Gasteiger partial charge is 0.508 e. The van der Waals surface area contributed by atoms with Crippen LogP contribution in [-0.4, -0.2) is 21.8 Å². The van der Waals surface area contributed by atoms with Crippen molar-refractivity contribution in [3.05, 3.63) is 53.2 Å². The highest BCUT2D eigenvalue weighted by atomic mass is 32.1. The van der Waals surface area contributed by atoms with Gasteiger partial charge in [0.1, 0.15) is 5.75 Å². The number of phenols is 1. The number of benzene rings is 1. The smallest absolute Gasteiger partial charge is 0.254 e. The Hall–Kier alpha value is -2.44. The van der Waals surface area contributed by atoms with Gasteiger partial charge >= 0.3 is 0 Å². The molecule has 1 aromatic carbocycles. The van der Waals surface area contributed by atoms with Crippen molar-refractivity contribution in [2.75, 3.05) is 6.54 Å². The second-order valence-corrected chi connectivity index (χ2v) is 6.36. The lowest BCUT2D eigenvalue weighted by Gasteiger charge is -2.03. The van der Waals surface area contributed by atoms with Crippen LogP contribution in [0.25, 0.3) is 22.4 Å². The number of aromatic nitrogens is 2. The molecule has 0 aliphatic heterocycles. The Morgan fingerprint density at radius 1 is 1.21 bits per heavy atom. The van der Waals surface area contributed by atoms with Gasteiger partial charge in [-0.3, -0.25) is 0 Å². The van der Waals surface area contributed by atoms with Gasteiger partial charge in [-0.25, -0.2) is 0 Å². The molecule has 2 aromatic heterocycles. The SMILES string of the molecule is NCCCC/C(=C\c1ccc(O)cc1)c1nc(-c2cccs2)no1. The Morgan fingerprint density at radius 3 is 2.75 bits per heavy atom. The number of phenolic OH excluding ortho intramolecular Hbond substituents is 1. The molecule has 0 saturated heterocycles. The van der Waals surface area contributed by atoms with Crippen LogP contribution in [0.5, 0.6) is 5.75 Å². The van der Waals surface area contributed by atoms with E-state index in [1.54, 1.807) is 23.5 Å². The Morgan fingerprint density at radius 2 is 2.04 bits per heavy atom. The van der Waals surface area contributed by atoms with Gasteiger partial charge in [-0.15, -0.1) is 11.3 Å². The molecule has 0 aliphatic rings. The third-order valence-corrected chi connectivity index (χ3v) is 4.44. The Bertz CT molecular complexity index is 792. The van der Waals surface area contributed by atoms with Crippen molar-refractivity contribution in [2.24, 2.45) is 5.73 Å². The standard InChI is InChI=1S/C18H19N3O2S/c19-10-2-1-4-14(12-13-6-8-15(22)9-7-13)18-20-17(21-23-18)16-5-3-11-24-16/h3,5-9,11-12,22H,1-2,4,10,19H2/b14-12+. The van der Waals surface area contributed by atoms with E-state index in [0.29, 0.717) is 18.3 Å². The van der Waals surface area contributed by atoms with Crippen LogP contribution in [0.3, 0.4) is 0 Å². The van der Waals surface area contributed by atoms with Crippen molar-refractivity contribution >= 4 is 23.0 Å². The van der Waals surface area contributed by atoms with Crippen LogP contribution in [0.15, 0.2) is 46.3 Å². The van der Waals surface area contributed by atoms with E-state index in [0.717, 1.165) is 35.3 Å². The highest BCUT2D eigenvalue weighted by Crippen LogP contribution is 2.27. The van der Waals surface area contributed by atoms with Crippen LogP contribution in [0.2, 0.25) is 0 Å². The molecule has 3 rings (SSSR count). The number of aromatic hydroxyl groups is 1. The molecule has 2 heterocycles. The zero-order valence-electron chi connectivity index (χ0n) is 13.2. The van der Waals surface area contributed by atoms with Crippen LogP contribution >= 0.6 is 11.3 Å². The van der Waals surface area contributed by atoms with Gasteiger partial charge < -0.3 is 15.4 Å². The minimum Gasteiger partial charge on any atom is -0.508 e. The van der Waals surface area contributed by atoms with E-state index < -0.39 is 0 Å². The molecular formula is C18H19N3O2S. The molecule has 3 N–H and O–H groups in total. The van der Waals surface area contributed by atoms with Gasteiger partial charge in [-0.05, 0) is 61.0 Å². The Balaban J connectivity index is 1.88. The fourth-order valence-electron chi connectivity index (χ4n) is 2.33. The summed E-state index contributed by atoms with van der Waals surface area (Å²) in [5.41, 5.74) is 7.55. The first-order valence-corrected chi connectivity index (χ1v) is 8.72. The van der Waals surface area contributed by atoms with Gasteiger partial charge in [-0.2, -0.15) is 4.98 Å². The highest BCUT2D eigenvalue weighted by Gasteiger charge is 2.13. The minimum atomic E-state index is 0.245. The molecule has 0 unspecified atom stereocenters. The van der Waals surface area contributed by atoms with Gasteiger partial charge in [0, 0.05) is 5.57 Å². The van der Waals surface area contributed by atoms with E-state index >= 15 is 0 Å². The molecule has 0 saturated carbocycles. The van der Waals surface area contributed by atoms with Crippen LogP contribution < -0.4 is 5.73 Å². The first kappa shape index (κ1) is 16.4. The lowest BCUT2D eigenvalue weighted by atomic mass is 10.0. The zero-order valence-corrected chi connectivity index (χ0v) is 14.0. The number of allylic oxidation sites excluding steroid dienone is 1. The third kappa shape index (κ3) is 4.10. The summed E-state index contributed by atoms with van der Waals surface area (Å²) in [7, 11) is 0. The zero-order chi connectivity index (χ0) is 16.8. The summed E-state index contributed by atoms with van der Waals surface area (Å²) in [6, 6.07) is 11.0. The van der Waals surface area contributed by atoms with Crippen LogP contribution in [-0.2, 0) is 0 Å². The molecule has 3 aromatic rings. The summed E-state index contributed by atoms with van der Waals surface area (Å²) in [6.07, 6.45) is 4.72. The number of nitrogens with two attached hydrogens (primary N) is 1. The van der Waals surface area contributed by atoms with Crippen molar-refractivity contribution in [1.82, 2.24) is 10.1 Å². The number of thiophene rings is 1. The molecule has 0 aliphatic carbocycles. The summed E-state index contributed by atoms with van der Waals surface area (Å²) >= 11 is 1.58. The van der Waals surface area contributed by atoms with Gasteiger partial charge in [0.05, 0.1) is 4.88 Å². The summed E-state index contributed by atoms with van der Waals surface area (Å²) in [4.78, 5) is 5.51. The minimum absolute atomic E-state index is 0.245. The van der Waals surface area contributed by atoms with Crippen LogP contribution in [0.4, 0.5) is 0 Å². The molecule has 0 amide bonds. The Labute approximate surface area is 144 Å². The fourth-order valence-corrected chi connectivity index (χ4v) is 2.98. The molecule has 0 fully saturated rings. The summed E-state index contributed by atoms with van der Waals surface area (Å²) < 4.78 is 5.47. The van der Waals surface area contributed by atoms with E-state index in [2.05, 4.69) is 10.1 Å². The van der Waals surface area contributed by atoms with E-state index in [9.17, 15) is 5.11 Å². The molecule has 0 spiro atoms. The van der Waals surface area contributed by atoms with E-state index in [1.165, 1.54) is 0 Å². The predicted molar refractivity (Wildman–Crippen MR) is 96.5 cm³/mol. The Kier molecular flexibility index (Phi) is 5.40. The van der Waals surface area contributed by atoms with E-state index in [1.807, 2.05) is 35.7 Å². The maximum Gasteiger partial charge on any atom is 0.254 e. The fraction of sp³-hybridized carbons (Fsp3) is 0.222. The molecule has 5 nitrogen and oxygen atoms in total. The van der Waals surface area contributed by atoms with Crippen LogP contribution in [0.1, 0.15) is 30.7 Å². The van der Waals surface area contributed by atoms with Crippen molar-refractivity contribution < 1.29 is 9.63 Å². The monoisotopic (exact) mass is 341 g/mol. The van der Waals surface area contributed by atoms with Gasteiger partial charge in [0.2, 0.25) is 5.82 Å². The highest BCUT2D eigenvalue weighted by molar-refractivity contribution is 7.13. The van der Waals surface area contributed by atoms with E-state index in [-0.39, 0.29) is 5.75 Å². The molecule has 24 heavy (non-hydrogen) atoms. The van der Waals surface area contributed by atoms with E-state index in [4.69, 9.17) is 10.3 Å². The number of rotatable bonds is 7. The van der Waals surface area contributed by atoms with Crippen molar-refractivity contribution in [3.63, 3.8) is 0 Å². The molecule has 0 bridgehead atoms. The number of nitrogens with zero attached hydrogens (tertiary/aromatic N) is 2. The van der Waals surface area contributed by atoms with Crippen molar-refractivity contribution in [1.29, 1.82) is 0 Å². The molecule has 6 heteroatoms. The number of unbranched alkanes of at least 4 members (excludes halogenated alkanes) is 1. The maximum absolute atomic E-state index is 9.42. The average Bonchev–Trinajstić information content (AvgIpc) is 3.27. The second-order valence-electron chi connectivity index (χ2n) is 5.41. The lowest BCUT2D eigenvalue weighted by Crippen LogP contribution is -1.98. The average molecular weight is 341 g/mol. The number of hydrogen-bond donors (Lipinski definition) is 2. The van der Waals surface area contributed by atoms with Crippen molar-refractivity contribution in [2.45, 2.75) is 19.3 Å². The summed E-state index contributed by atoms with van der Waals surface area (Å²) in [5.74, 6) is 1.38. The van der Waals surface area contributed by atoms with Gasteiger partial charge in [0.25, 0.3) is 5.89 Å². The quantitative estimate of drug-likeness (QED) is 0.630. The van der Waals surface area contributed by atoms with Crippen molar-refractivity contribution in [3.8, 4) is 16.5 Å². The van der Waals surface area contributed by atoms with Gasteiger partial charge in [-0.1, -0.05) is 23.4 Å². The molecular weight excluding hydrogens is 322 g/mol. The topological polar surface area (TPSA) is 85.2 Å². The molecule has 124 valence electrons. The molecule has 0 atom stereocenters. The maximum atomic E-state index is 9.42. The number of hydrogen-bond acceptors (Lipinski definition) is 6. The molecule has 0 radical (unpaired) electrons. The predicted octanol–water partition coefficient (Wildman–Crippen LogP) is 4.17. The van der Waals surface area contributed by atoms with Crippen LogP contribution in [0, 0.1) is 0 Å². The third-order valence-electron chi connectivity index (χ3n) is 3.58. The summed E-state index contributed by atoms with van der Waals surface area (Å²) in [5, 5.41) is 15.5. The lowest BCUT2D eigenvalue weighted by molar-refractivity contribution is 0.407. The first-order chi connectivity index (χ1) is 11.8. The second kappa shape index (κ2) is 7.90. The normalized spacial score (nSPS) is 11.8. The summed E-state index contributed by atoms with van der Waals surface area (Å²) in [6.45, 7) is 0.663.